The summed E-state index contributed by atoms with van der Waals surface area (Å²) in [6, 6.07) is 11.6. The number of anilines is 1. The molecule has 5 nitrogen and oxygen atoms in total. The van der Waals surface area contributed by atoms with Crippen LogP contribution in [0.3, 0.4) is 0 Å². The van der Waals surface area contributed by atoms with E-state index in [-0.39, 0.29) is 18.2 Å². The average Bonchev–Trinajstić information content (AvgIpc) is 2.48. The van der Waals surface area contributed by atoms with Gasteiger partial charge in [-0.05, 0) is 36.4 Å². The van der Waals surface area contributed by atoms with Crippen molar-refractivity contribution in [2.45, 2.75) is 6.54 Å². The largest absolute Gasteiger partial charge is 0.508 e. The van der Waals surface area contributed by atoms with Gasteiger partial charge in [-0.2, -0.15) is 0 Å². The molecule has 104 valence electrons. The first-order valence-corrected chi connectivity index (χ1v) is 6.10. The summed E-state index contributed by atoms with van der Waals surface area (Å²) in [4.78, 5) is 12.0. The number of ether oxygens (including phenoxy) is 1. The van der Waals surface area contributed by atoms with E-state index in [9.17, 15) is 9.90 Å². The van der Waals surface area contributed by atoms with Gasteiger partial charge in [-0.3, -0.25) is 4.79 Å². The number of aromatic hydroxyl groups is 1. The second kappa shape index (κ2) is 5.97. The average molecular weight is 272 g/mol. The molecule has 0 radical (unpaired) electrons. The molecule has 0 fully saturated rings. The Hall–Kier alpha value is -2.69. The lowest BCUT2D eigenvalue weighted by Gasteiger charge is -2.08. The van der Waals surface area contributed by atoms with Crippen molar-refractivity contribution in [1.29, 1.82) is 0 Å². The van der Waals surface area contributed by atoms with E-state index < -0.39 is 0 Å². The number of nitrogen functional groups attached to an aromatic ring is 1. The summed E-state index contributed by atoms with van der Waals surface area (Å²) >= 11 is 0. The molecule has 2 aromatic rings. The summed E-state index contributed by atoms with van der Waals surface area (Å²) in [5, 5.41) is 12.4. The van der Waals surface area contributed by atoms with Crippen LogP contribution in [0.2, 0.25) is 0 Å². The van der Waals surface area contributed by atoms with Crippen molar-refractivity contribution in [2.75, 3.05) is 12.8 Å². The first-order chi connectivity index (χ1) is 9.60. The maximum Gasteiger partial charge on any atom is 0.251 e. The van der Waals surface area contributed by atoms with Gasteiger partial charge in [0.15, 0.2) is 0 Å². The van der Waals surface area contributed by atoms with Gasteiger partial charge in [-0.1, -0.05) is 6.07 Å². The summed E-state index contributed by atoms with van der Waals surface area (Å²) in [6.07, 6.45) is 0. The van der Waals surface area contributed by atoms with Crippen LogP contribution in [0.5, 0.6) is 11.5 Å². The van der Waals surface area contributed by atoms with Gasteiger partial charge in [0, 0.05) is 23.4 Å². The second-order valence-electron chi connectivity index (χ2n) is 4.30. The van der Waals surface area contributed by atoms with Gasteiger partial charge in [-0.25, -0.2) is 0 Å². The van der Waals surface area contributed by atoms with Crippen molar-refractivity contribution in [3.05, 3.63) is 53.6 Å². The topological polar surface area (TPSA) is 84.6 Å². The number of hydrogen-bond donors (Lipinski definition) is 3. The zero-order valence-corrected chi connectivity index (χ0v) is 11.1. The highest BCUT2D eigenvalue weighted by Gasteiger charge is 2.08. The molecule has 5 heteroatoms. The van der Waals surface area contributed by atoms with Gasteiger partial charge < -0.3 is 20.9 Å². The first-order valence-electron chi connectivity index (χ1n) is 6.10. The third-order valence-corrected chi connectivity index (χ3v) is 2.87. The van der Waals surface area contributed by atoms with Crippen LogP contribution in [-0.2, 0) is 6.54 Å². The number of benzene rings is 2. The number of nitrogens with one attached hydrogen (secondary N) is 1. The Morgan fingerprint density at radius 2 is 2.10 bits per heavy atom. The molecule has 4 N–H and O–H groups in total. The van der Waals surface area contributed by atoms with Crippen LogP contribution in [0.1, 0.15) is 15.9 Å². The molecule has 0 aliphatic carbocycles. The molecule has 0 heterocycles. The molecular formula is C15H16N2O3. The first kappa shape index (κ1) is 13.7. The number of carbonyl (C=O) groups excluding carboxylic acids is 1. The second-order valence-corrected chi connectivity index (χ2v) is 4.30. The maximum absolute atomic E-state index is 12.0. The highest BCUT2D eigenvalue weighted by Crippen LogP contribution is 2.19. The number of phenols is 1. The Balaban J connectivity index is 2.06. The van der Waals surface area contributed by atoms with Crippen LogP contribution in [0, 0.1) is 0 Å². The van der Waals surface area contributed by atoms with E-state index in [1.165, 1.54) is 6.07 Å². The van der Waals surface area contributed by atoms with E-state index in [2.05, 4.69) is 5.32 Å². The van der Waals surface area contributed by atoms with Crippen molar-refractivity contribution in [2.24, 2.45) is 0 Å². The Morgan fingerprint density at radius 3 is 2.85 bits per heavy atom. The standard InChI is InChI=1S/C15H16N2O3/c1-20-13-4-2-3-10(8-13)15(19)17-9-11-7-12(16)5-6-14(11)18/h2-8,18H,9,16H2,1H3,(H,17,19). The van der Waals surface area contributed by atoms with Gasteiger partial charge in [0.2, 0.25) is 0 Å². The fourth-order valence-corrected chi connectivity index (χ4v) is 1.79. The van der Waals surface area contributed by atoms with Crippen LogP contribution < -0.4 is 15.8 Å². The molecular weight excluding hydrogens is 256 g/mol. The molecule has 0 aliphatic heterocycles. The minimum Gasteiger partial charge on any atom is -0.508 e. The SMILES string of the molecule is COc1cccc(C(=O)NCc2cc(N)ccc2O)c1. The lowest BCUT2D eigenvalue weighted by molar-refractivity contribution is 0.0950. The highest BCUT2D eigenvalue weighted by molar-refractivity contribution is 5.94. The summed E-state index contributed by atoms with van der Waals surface area (Å²) in [7, 11) is 1.54. The van der Waals surface area contributed by atoms with E-state index in [1.54, 1.807) is 43.5 Å². The zero-order valence-electron chi connectivity index (χ0n) is 11.1. The predicted molar refractivity (Wildman–Crippen MR) is 76.7 cm³/mol. The van der Waals surface area contributed by atoms with Crippen molar-refractivity contribution in [3.63, 3.8) is 0 Å². The van der Waals surface area contributed by atoms with Crippen LogP contribution in [0.4, 0.5) is 5.69 Å². The van der Waals surface area contributed by atoms with Gasteiger partial charge in [0.05, 0.1) is 7.11 Å². The van der Waals surface area contributed by atoms with Crippen LogP contribution in [-0.4, -0.2) is 18.1 Å². The van der Waals surface area contributed by atoms with Crippen molar-refractivity contribution < 1.29 is 14.6 Å². The molecule has 0 aliphatic rings. The normalized spacial score (nSPS) is 10.1. The highest BCUT2D eigenvalue weighted by atomic mass is 16.5. The van der Waals surface area contributed by atoms with E-state index in [4.69, 9.17) is 10.5 Å². The molecule has 0 saturated carbocycles. The minimum atomic E-state index is -0.245. The number of hydrogen-bond acceptors (Lipinski definition) is 4. The Morgan fingerprint density at radius 1 is 1.30 bits per heavy atom. The van der Waals surface area contributed by atoms with Crippen molar-refractivity contribution >= 4 is 11.6 Å². The number of nitrogens with two attached hydrogens (primary N) is 1. The molecule has 2 rings (SSSR count). The smallest absolute Gasteiger partial charge is 0.251 e. The molecule has 1 amide bonds. The summed E-state index contributed by atoms with van der Waals surface area (Å²) in [6.45, 7) is 0.201. The molecule has 0 saturated heterocycles. The van der Waals surface area contributed by atoms with Gasteiger partial charge in [0.25, 0.3) is 5.91 Å². The van der Waals surface area contributed by atoms with E-state index in [0.29, 0.717) is 22.6 Å². The number of carbonyl (C=O) groups is 1. The zero-order chi connectivity index (χ0) is 14.5. The molecule has 0 unspecified atom stereocenters. The molecule has 0 atom stereocenters. The van der Waals surface area contributed by atoms with Gasteiger partial charge in [-0.15, -0.1) is 0 Å². The lowest BCUT2D eigenvalue weighted by atomic mass is 10.1. The number of phenolic OH excluding ortho intramolecular Hbond substituents is 1. The summed E-state index contributed by atoms with van der Waals surface area (Å²) < 4.78 is 5.07. The fraction of sp³-hybridized carbons (Fsp3) is 0.133. The van der Waals surface area contributed by atoms with Crippen molar-refractivity contribution in [1.82, 2.24) is 5.32 Å². The maximum atomic E-state index is 12.0. The van der Waals surface area contributed by atoms with E-state index in [0.717, 1.165) is 0 Å². The Bertz CT molecular complexity index is 626. The van der Waals surface area contributed by atoms with Gasteiger partial charge in [0.1, 0.15) is 11.5 Å². The van der Waals surface area contributed by atoms with Crippen LogP contribution in [0.25, 0.3) is 0 Å². The van der Waals surface area contributed by atoms with Gasteiger partial charge >= 0.3 is 0 Å². The van der Waals surface area contributed by atoms with E-state index >= 15 is 0 Å². The quantitative estimate of drug-likeness (QED) is 0.586. The minimum absolute atomic E-state index is 0.102. The van der Waals surface area contributed by atoms with E-state index in [1.807, 2.05) is 0 Å². The summed E-state index contributed by atoms with van der Waals surface area (Å²) in [5.74, 6) is 0.473. The summed E-state index contributed by atoms with van der Waals surface area (Å²) in [5.41, 5.74) is 7.24. The monoisotopic (exact) mass is 272 g/mol. The number of rotatable bonds is 4. The van der Waals surface area contributed by atoms with Crippen LogP contribution >= 0.6 is 0 Å². The number of methoxy groups -OCH3 is 1. The Labute approximate surface area is 117 Å². The fourth-order valence-electron chi connectivity index (χ4n) is 1.79. The predicted octanol–water partition coefficient (Wildman–Crippen LogP) is 1.91. The molecule has 0 bridgehead atoms. The third kappa shape index (κ3) is 3.20. The lowest BCUT2D eigenvalue weighted by Crippen LogP contribution is -2.22. The Kier molecular flexibility index (Phi) is 4.10. The van der Waals surface area contributed by atoms with Crippen LogP contribution in [0.15, 0.2) is 42.5 Å². The molecule has 2 aromatic carbocycles. The number of amides is 1. The third-order valence-electron chi connectivity index (χ3n) is 2.87. The van der Waals surface area contributed by atoms with Crippen molar-refractivity contribution in [3.8, 4) is 11.5 Å². The molecule has 20 heavy (non-hydrogen) atoms. The molecule has 0 spiro atoms. The molecule has 0 aromatic heterocycles.